The molecule has 4 aromatic rings. The molecule has 0 bridgehead atoms. The van der Waals surface area contributed by atoms with Gasteiger partial charge in [0.1, 0.15) is 30.4 Å². The fraction of sp³-hybridized carbons (Fsp3) is 0.190. The number of aromatic nitrogens is 6. The lowest BCUT2D eigenvalue weighted by Crippen LogP contribution is -2.27. The third kappa shape index (κ3) is 3.91. The average molecular weight is 421 g/mol. The van der Waals surface area contributed by atoms with Crippen LogP contribution in [0.25, 0.3) is 11.1 Å². The molecule has 8 nitrogen and oxygen atoms in total. The van der Waals surface area contributed by atoms with E-state index >= 15 is 0 Å². The quantitative estimate of drug-likeness (QED) is 0.512. The predicted octanol–water partition coefficient (Wildman–Crippen LogP) is 3.22. The molecular weight excluding hydrogens is 404 g/mol. The highest BCUT2D eigenvalue weighted by molar-refractivity contribution is 5.68. The monoisotopic (exact) mass is 421 g/mol. The normalized spacial score (nSPS) is 14.0. The largest absolute Gasteiger partial charge is 0.371 e. The number of nitrogens with zero attached hydrogens (tertiary/aromatic N) is 7. The third-order valence-corrected chi connectivity index (χ3v) is 5.14. The first kappa shape index (κ1) is 20.3. The number of rotatable bonds is 6. The van der Waals surface area contributed by atoms with Crippen molar-refractivity contribution >= 4 is 0 Å². The summed E-state index contributed by atoms with van der Waals surface area (Å²) in [6, 6.07) is 6.42. The molecule has 1 unspecified atom stereocenters. The fourth-order valence-electron chi connectivity index (χ4n) is 3.56. The van der Waals surface area contributed by atoms with Crippen molar-refractivity contribution in [2.45, 2.75) is 25.1 Å². The highest BCUT2D eigenvalue weighted by atomic mass is 19.1. The first-order valence-electron chi connectivity index (χ1n) is 9.35. The van der Waals surface area contributed by atoms with E-state index in [4.69, 9.17) is 0 Å². The van der Waals surface area contributed by atoms with E-state index in [2.05, 4.69) is 26.2 Å². The van der Waals surface area contributed by atoms with Crippen LogP contribution < -0.4 is 0 Å². The van der Waals surface area contributed by atoms with Gasteiger partial charge in [-0.25, -0.2) is 18.4 Å². The maximum Gasteiger partial charge on any atom is 0.157 e. The summed E-state index contributed by atoms with van der Waals surface area (Å²) in [5.41, 5.74) is 1.81. The van der Waals surface area contributed by atoms with E-state index < -0.39 is 29.8 Å². The van der Waals surface area contributed by atoms with Crippen molar-refractivity contribution in [3.05, 3.63) is 84.5 Å². The maximum absolute atomic E-state index is 14.7. The van der Waals surface area contributed by atoms with Crippen LogP contribution in [0, 0.1) is 23.0 Å². The lowest BCUT2D eigenvalue weighted by molar-refractivity contribution is 0.0403. The first-order chi connectivity index (χ1) is 15.0. The SMILES string of the molecule is C[C@H]([C@H](c1ccc(F)cc1F)C(O)n1cncn1)n1cc(-c2ccncc2C#N)cn1. The zero-order valence-electron chi connectivity index (χ0n) is 16.3. The van der Waals surface area contributed by atoms with E-state index in [1.807, 2.05) is 0 Å². The Kier molecular flexibility index (Phi) is 5.51. The van der Waals surface area contributed by atoms with Crippen molar-refractivity contribution in [1.82, 2.24) is 29.5 Å². The molecule has 0 fully saturated rings. The molecule has 0 saturated heterocycles. The van der Waals surface area contributed by atoms with Crippen LogP contribution in [-0.2, 0) is 0 Å². The van der Waals surface area contributed by atoms with Gasteiger partial charge in [0.05, 0.1) is 23.7 Å². The fourth-order valence-corrected chi connectivity index (χ4v) is 3.56. The van der Waals surface area contributed by atoms with E-state index in [-0.39, 0.29) is 5.56 Å². The van der Waals surface area contributed by atoms with Gasteiger partial charge in [-0.2, -0.15) is 15.5 Å². The highest BCUT2D eigenvalue weighted by Gasteiger charge is 2.33. The van der Waals surface area contributed by atoms with Gasteiger partial charge in [-0.15, -0.1) is 0 Å². The number of hydrogen-bond donors (Lipinski definition) is 1. The lowest BCUT2D eigenvalue weighted by Gasteiger charge is -2.29. The van der Waals surface area contributed by atoms with Crippen LogP contribution in [0.5, 0.6) is 0 Å². The average Bonchev–Trinajstić information content (AvgIpc) is 3.47. The number of aliphatic hydroxyl groups excluding tert-OH is 1. The van der Waals surface area contributed by atoms with Crippen molar-refractivity contribution < 1.29 is 13.9 Å². The maximum atomic E-state index is 14.7. The predicted molar refractivity (Wildman–Crippen MR) is 105 cm³/mol. The molecule has 3 aromatic heterocycles. The Morgan fingerprint density at radius 3 is 2.65 bits per heavy atom. The number of nitriles is 1. The van der Waals surface area contributed by atoms with Gasteiger partial charge in [0.2, 0.25) is 0 Å². The van der Waals surface area contributed by atoms with E-state index in [1.54, 1.807) is 36.3 Å². The summed E-state index contributed by atoms with van der Waals surface area (Å²) in [5.74, 6) is -2.38. The van der Waals surface area contributed by atoms with Gasteiger partial charge in [0.15, 0.2) is 6.23 Å². The molecule has 1 N–H and O–H groups in total. The molecule has 10 heteroatoms. The van der Waals surface area contributed by atoms with E-state index in [1.165, 1.54) is 29.6 Å². The number of aliphatic hydroxyl groups is 1. The summed E-state index contributed by atoms with van der Waals surface area (Å²) in [5, 5.41) is 28.6. The van der Waals surface area contributed by atoms with Gasteiger partial charge in [-0.05, 0) is 24.6 Å². The number of hydrogen-bond acceptors (Lipinski definition) is 6. The smallest absolute Gasteiger partial charge is 0.157 e. The zero-order valence-corrected chi connectivity index (χ0v) is 16.3. The van der Waals surface area contributed by atoms with Gasteiger partial charge in [-0.3, -0.25) is 9.67 Å². The summed E-state index contributed by atoms with van der Waals surface area (Å²) in [4.78, 5) is 7.78. The molecule has 0 amide bonds. The summed E-state index contributed by atoms with van der Waals surface area (Å²) >= 11 is 0. The Morgan fingerprint density at radius 2 is 1.94 bits per heavy atom. The van der Waals surface area contributed by atoms with Crippen LogP contribution in [0.15, 0.2) is 61.7 Å². The molecule has 0 radical (unpaired) electrons. The van der Waals surface area contributed by atoms with Gasteiger partial charge in [0, 0.05) is 35.8 Å². The van der Waals surface area contributed by atoms with Crippen LogP contribution >= 0.6 is 0 Å². The Morgan fingerprint density at radius 1 is 1.10 bits per heavy atom. The molecular formula is C21H17F2N7O. The second kappa shape index (κ2) is 8.41. The summed E-state index contributed by atoms with van der Waals surface area (Å²) in [7, 11) is 0. The molecule has 0 spiro atoms. The van der Waals surface area contributed by atoms with Crippen LogP contribution in [0.4, 0.5) is 8.78 Å². The molecule has 156 valence electrons. The van der Waals surface area contributed by atoms with Crippen molar-refractivity contribution in [1.29, 1.82) is 5.26 Å². The number of halogens is 2. The Labute approximate surface area is 176 Å². The van der Waals surface area contributed by atoms with E-state index in [0.29, 0.717) is 16.7 Å². The second-order valence-electron chi connectivity index (χ2n) is 6.96. The summed E-state index contributed by atoms with van der Waals surface area (Å²) in [6.07, 6.45) is 7.58. The van der Waals surface area contributed by atoms with Gasteiger partial charge >= 0.3 is 0 Å². The van der Waals surface area contributed by atoms with Crippen molar-refractivity contribution in [3.63, 3.8) is 0 Å². The van der Waals surface area contributed by atoms with E-state index in [0.717, 1.165) is 12.1 Å². The topological polar surface area (TPSA) is 105 Å². The summed E-state index contributed by atoms with van der Waals surface area (Å²) in [6.45, 7) is 1.75. The molecule has 4 rings (SSSR count). The molecule has 3 heterocycles. The minimum absolute atomic E-state index is 0.107. The lowest BCUT2D eigenvalue weighted by atomic mass is 9.90. The number of pyridine rings is 1. The van der Waals surface area contributed by atoms with Crippen LogP contribution in [0.3, 0.4) is 0 Å². The minimum Gasteiger partial charge on any atom is -0.371 e. The standard InChI is InChI=1S/C21H17F2N7O/c1-13(29-10-15(9-27-29)17-4-5-25-8-14(17)7-24)20(21(31)30-12-26-11-28-30)18-3-2-16(22)6-19(18)23/h2-6,8-13,20-21,31H,1H3/t13-,20-,21?/m1/s1. The van der Waals surface area contributed by atoms with Gasteiger partial charge in [0.25, 0.3) is 0 Å². The molecule has 0 aliphatic rings. The van der Waals surface area contributed by atoms with Gasteiger partial charge in [-0.1, -0.05) is 6.07 Å². The van der Waals surface area contributed by atoms with Crippen molar-refractivity contribution in [2.24, 2.45) is 0 Å². The molecule has 3 atom stereocenters. The molecule has 31 heavy (non-hydrogen) atoms. The highest BCUT2D eigenvalue weighted by Crippen LogP contribution is 2.38. The zero-order chi connectivity index (χ0) is 22.0. The third-order valence-electron chi connectivity index (χ3n) is 5.14. The van der Waals surface area contributed by atoms with Crippen LogP contribution in [-0.4, -0.2) is 34.6 Å². The Bertz CT molecular complexity index is 1230. The Balaban J connectivity index is 1.75. The molecule has 1 aromatic carbocycles. The Hall–Kier alpha value is -3.97. The first-order valence-corrected chi connectivity index (χ1v) is 9.35. The van der Waals surface area contributed by atoms with Crippen LogP contribution in [0.2, 0.25) is 0 Å². The van der Waals surface area contributed by atoms with E-state index in [9.17, 15) is 19.1 Å². The molecule has 0 aliphatic carbocycles. The molecule has 0 aliphatic heterocycles. The molecule has 0 saturated carbocycles. The van der Waals surface area contributed by atoms with Crippen LogP contribution in [0.1, 0.15) is 36.2 Å². The second-order valence-corrected chi connectivity index (χ2v) is 6.96. The van der Waals surface area contributed by atoms with Crippen molar-refractivity contribution in [3.8, 4) is 17.2 Å². The van der Waals surface area contributed by atoms with Gasteiger partial charge < -0.3 is 5.11 Å². The minimum atomic E-state index is -1.29. The van der Waals surface area contributed by atoms with Crippen molar-refractivity contribution in [2.75, 3.05) is 0 Å². The number of benzene rings is 1. The summed E-state index contributed by atoms with van der Waals surface area (Å²) < 4.78 is 30.9.